The summed E-state index contributed by atoms with van der Waals surface area (Å²) in [5.74, 6) is -1.22. The quantitative estimate of drug-likeness (QED) is 0.137. The number of nitrogen functional groups attached to an aromatic ring is 1. The lowest BCUT2D eigenvalue weighted by Crippen LogP contribution is -2.25. The molecule has 4 rings (SSSR count). The normalized spacial score (nSPS) is 12.6. The minimum Gasteiger partial charge on any atom is -0.397 e. The summed E-state index contributed by atoms with van der Waals surface area (Å²) in [7, 11) is -4.81. The lowest BCUT2D eigenvalue weighted by Gasteiger charge is -2.23. The number of rotatable bonds is 9. The topological polar surface area (TPSA) is 156 Å². The summed E-state index contributed by atoms with van der Waals surface area (Å²) in [6.07, 6.45) is 4.41. The Morgan fingerprint density at radius 1 is 0.892 bits per heavy atom. The molecule has 1 amide bonds. The van der Waals surface area contributed by atoms with Gasteiger partial charge in [-0.25, -0.2) is 0 Å². The highest BCUT2D eigenvalue weighted by Crippen LogP contribution is 2.40. The lowest BCUT2D eigenvalue weighted by molar-refractivity contribution is -0.116. The molecule has 1 aliphatic rings. The molecule has 10 heteroatoms. The van der Waals surface area contributed by atoms with Crippen molar-refractivity contribution in [2.75, 3.05) is 16.4 Å². The van der Waals surface area contributed by atoms with Gasteiger partial charge >= 0.3 is 0 Å². The van der Waals surface area contributed by atoms with E-state index in [2.05, 4.69) is 17.6 Å². The molecular formula is C27H27N3O6S. The third kappa shape index (κ3) is 5.40. The van der Waals surface area contributed by atoms with E-state index in [1.165, 1.54) is 12.1 Å². The number of fused-ring (bicyclic) bond motifs is 2. The standard InChI is InChI=1S/C27H27N3O6S/c1-2-3-4-5-10-22(31)30-17-13-11-16(12-14-17)29-20-15-21(37(34,35)36)25(28)24-23(20)26(32)18-8-6-7-9-19(18)27(24)33/h6-9,11-15,29H,2-5,10,28H2,1H3,(H,30,31)(H,34,35,36). The lowest BCUT2D eigenvalue weighted by atomic mass is 9.82. The highest BCUT2D eigenvalue weighted by atomic mass is 32.2. The van der Waals surface area contributed by atoms with Crippen LogP contribution in [0.25, 0.3) is 0 Å². The third-order valence-electron chi connectivity index (χ3n) is 6.18. The monoisotopic (exact) mass is 521 g/mol. The predicted octanol–water partition coefficient (Wildman–Crippen LogP) is 4.94. The second-order valence-corrected chi connectivity index (χ2v) is 10.2. The number of hydrogen-bond acceptors (Lipinski definition) is 7. The average Bonchev–Trinajstić information content (AvgIpc) is 2.86. The van der Waals surface area contributed by atoms with Crippen LogP contribution in [0.3, 0.4) is 0 Å². The zero-order valence-corrected chi connectivity index (χ0v) is 21.0. The zero-order valence-electron chi connectivity index (χ0n) is 20.2. The maximum Gasteiger partial charge on any atom is 0.296 e. The largest absolute Gasteiger partial charge is 0.397 e. The molecule has 0 aliphatic heterocycles. The van der Waals surface area contributed by atoms with Gasteiger partial charge in [0.2, 0.25) is 5.91 Å². The number of hydrogen-bond donors (Lipinski definition) is 4. The van der Waals surface area contributed by atoms with Crippen LogP contribution in [0.15, 0.2) is 59.5 Å². The minimum atomic E-state index is -4.81. The molecule has 5 N–H and O–H groups in total. The molecule has 3 aromatic rings. The number of amides is 1. The van der Waals surface area contributed by atoms with Crippen molar-refractivity contribution < 1.29 is 27.4 Å². The molecule has 0 spiro atoms. The first-order chi connectivity index (χ1) is 17.6. The number of carbonyl (C=O) groups is 3. The summed E-state index contributed by atoms with van der Waals surface area (Å²) in [6.45, 7) is 2.10. The summed E-state index contributed by atoms with van der Waals surface area (Å²) >= 11 is 0. The first kappa shape index (κ1) is 26.1. The van der Waals surface area contributed by atoms with Gasteiger partial charge in [-0.2, -0.15) is 8.42 Å². The summed E-state index contributed by atoms with van der Waals surface area (Å²) in [4.78, 5) is 38.1. The smallest absolute Gasteiger partial charge is 0.296 e. The molecular weight excluding hydrogens is 494 g/mol. The van der Waals surface area contributed by atoms with Crippen LogP contribution in [-0.2, 0) is 14.9 Å². The molecule has 9 nitrogen and oxygen atoms in total. The van der Waals surface area contributed by atoms with Crippen molar-refractivity contribution in [1.82, 2.24) is 0 Å². The highest BCUT2D eigenvalue weighted by Gasteiger charge is 2.36. The number of ketones is 2. The van der Waals surface area contributed by atoms with Crippen LogP contribution in [0.1, 0.15) is 70.9 Å². The minimum absolute atomic E-state index is 0.00242. The Morgan fingerprint density at radius 3 is 2.08 bits per heavy atom. The van der Waals surface area contributed by atoms with Crippen LogP contribution in [0.5, 0.6) is 0 Å². The number of carbonyl (C=O) groups excluding carboxylic acids is 3. The Labute approximate surface area is 214 Å². The van der Waals surface area contributed by atoms with Crippen molar-refractivity contribution in [1.29, 1.82) is 0 Å². The van der Waals surface area contributed by atoms with E-state index < -0.39 is 32.3 Å². The van der Waals surface area contributed by atoms with Crippen LogP contribution in [-0.4, -0.2) is 30.4 Å². The molecule has 0 fully saturated rings. The van der Waals surface area contributed by atoms with E-state index in [1.54, 1.807) is 36.4 Å². The summed E-state index contributed by atoms with van der Waals surface area (Å²) in [5.41, 5.74) is 6.42. The van der Waals surface area contributed by atoms with Crippen molar-refractivity contribution in [3.63, 3.8) is 0 Å². The average molecular weight is 522 g/mol. The molecule has 37 heavy (non-hydrogen) atoms. The molecule has 0 unspecified atom stereocenters. The Kier molecular flexibility index (Phi) is 7.42. The van der Waals surface area contributed by atoms with Gasteiger partial charge in [-0.15, -0.1) is 0 Å². The maximum atomic E-state index is 13.4. The van der Waals surface area contributed by atoms with Crippen molar-refractivity contribution in [3.05, 3.63) is 76.9 Å². The van der Waals surface area contributed by atoms with Crippen LogP contribution in [0, 0.1) is 0 Å². The molecule has 192 valence electrons. The third-order valence-corrected chi connectivity index (χ3v) is 7.08. The first-order valence-electron chi connectivity index (χ1n) is 11.9. The van der Waals surface area contributed by atoms with Crippen molar-refractivity contribution in [3.8, 4) is 0 Å². The molecule has 3 aromatic carbocycles. The predicted molar refractivity (Wildman–Crippen MR) is 141 cm³/mol. The van der Waals surface area contributed by atoms with Crippen LogP contribution in [0.2, 0.25) is 0 Å². The van der Waals surface area contributed by atoms with E-state index in [4.69, 9.17) is 5.73 Å². The Bertz CT molecular complexity index is 1500. The molecule has 0 aromatic heterocycles. The van der Waals surface area contributed by atoms with Crippen LogP contribution < -0.4 is 16.4 Å². The van der Waals surface area contributed by atoms with E-state index in [1.807, 2.05) is 0 Å². The number of nitrogens with one attached hydrogen (secondary N) is 2. The summed E-state index contributed by atoms with van der Waals surface area (Å²) in [5, 5.41) is 5.79. The maximum absolute atomic E-state index is 13.4. The number of benzene rings is 3. The highest BCUT2D eigenvalue weighted by molar-refractivity contribution is 7.86. The Hall–Kier alpha value is -4.02. The van der Waals surface area contributed by atoms with Gasteiger partial charge in [0, 0.05) is 28.9 Å². The van der Waals surface area contributed by atoms with Gasteiger partial charge in [0.05, 0.1) is 22.5 Å². The summed E-state index contributed by atoms with van der Waals surface area (Å²) in [6, 6.07) is 13.8. The Morgan fingerprint density at radius 2 is 1.49 bits per heavy atom. The number of nitrogens with two attached hydrogens (primary N) is 1. The summed E-state index contributed by atoms with van der Waals surface area (Å²) < 4.78 is 33.8. The Balaban J connectivity index is 1.66. The fourth-order valence-corrected chi connectivity index (χ4v) is 4.98. The van der Waals surface area contributed by atoms with Crippen molar-refractivity contribution in [2.24, 2.45) is 0 Å². The van der Waals surface area contributed by atoms with Gasteiger partial charge in [0.25, 0.3) is 10.1 Å². The molecule has 0 saturated carbocycles. The fourth-order valence-electron chi connectivity index (χ4n) is 4.33. The van der Waals surface area contributed by atoms with E-state index in [0.29, 0.717) is 17.8 Å². The van der Waals surface area contributed by atoms with Gasteiger partial charge < -0.3 is 16.4 Å². The van der Waals surface area contributed by atoms with Crippen molar-refractivity contribution >= 4 is 50.3 Å². The SMILES string of the molecule is CCCCCCC(=O)Nc1ccc(Nc2cc(S(=O)(=O)O)c(N)c3c2C(=O)c2ccccc2C3=O)cc1. The van der Waals surface area contributed by atoms with Crippen molar-refractivity contribution in [2.45, 2.75) is 43.9 Å². The molecule has 1 aliphatic carbocycles. The fraction of sp³-hybridized carbons (Fsp3) is 0.222. The number of anilines is 4. The van der Waals surface area contributed by atoms with Gasteiger partial charge in [-0.05, 0) is 36.8 Å². The van der Waals surface area contributed by atoms with Gasteiger partial charge in [0.1, 0.15) is 4.90 Å². The zero-order chi connectivity index (χ0) is 26.7. The van der Waals surface area contributed by atoms with E-state index in [-0.39, 0.29) is 33.8 Å². The van der Waals surface area contributed by atoms with Gasteiger partial charge in [-0.3, -0.25) is 18.9 Å². The number of unbranched alkanes of at least 4 members (excludes halogenated alkanes) is 3. The first-order valence-corrected chi connectivity index (χ1v) is 13.3. The van der Waals surface area contributed by atoms with Crippen LogP contribution in [0.4, 0.5) is 22.7 Å². The molecule has 0 bridgehead atoms. The van der Waals surface area contributed by atoms with Gasteiger partial charge in [0.15, 0.2) is 11.6 Å². The molecule has 0 heterocycles. The van der Waals surface area contributed by atoms with E-state index in [9.17, 15) is 27.4 Å². The second kappa shape index (κ2) is 10.5. The molecule has 0 atom stereocenters. The molecule has 0 radical (unpaired) electrons. The van der Waals surface area contributed by atoms with E-state index >= 15 is 0 Å². The van der Waals surface area contributed by atoms with E-state index in [0.717, 1.165) is 31.7 Å². The molecule has 0 saturated heterocycles. The van der Waals surface area contributed by atoms with Gasteiger partial charge in [-0.1, -0.05) is 50.5 Å². The second-order valence-electron chi connectivity index (χ2n) is 8.83. The van der Waals surface area contributed by atoms with Crippen LogP contribution >= 0.6 is 0 Å².